The predicted molar refractivity (Wildman–Crippen MR) is 103 cm³/mol. The average molecular weight is 411 g/mol. The summed E-state index contributed by atoms with van der Waals surface area (Å²) in [4.78, 5) is 54.1. The molecule has 0 aliphatic carbocycles. The van der Waals surface area contributed by atoms with Crippen LogP contribution in [-0.2, 0) is 25.6 Å². The van der Waals surface area contributed by atoms with Crippen LogP contribution < -0.4 is 27.4 Å². The van der Waals surface area contributed by atoms with Crippen LogP contribution in [0.2, 0.25) is 0 Å². The fourth-order valence-corrected chi connectivity index (χ4v) is 2.44. The van der Waals surface area contributed by atoms with E-state index in [4.69, 9.17) is 16.6 Å². The number of hydrogen-bond donors (Lipinski definition) is 7. The van der Waals surface area contributed by atoms with Crippen molar-refractivity contribution in [3.8, 4) is 0 Å². The molecule has 0 bridgehead atoms. The number of nitrogens with zero attached hydrogens (tertiary/aromatic N) is 1. The van der Waals surface area contributed by atoms with Crippen molar-refractivity contribution in [2.24, 2.45) is 11.5 Å². The number of hydrogen-bond acceptors (Lipinski definition) is 7. The Hall–Kier alpha value is -2.99. The molecule has 1 aromatic rings. The summed E-state index contributed by atoms with van der Waals surface area (Å²) in [5, 5.41) is 15.8. The van der Waals surface area contributed by atoms with E-state index in [0.717, 1.165) is 6.42 Å². The summed E-state index contributed by atoms with van der Waals surface area (Å²) < 4.78 is 0. The fourth-order valence-electron chi connectivity index (χ4n) is 2.44. The summed E-state index contributed by atoms with van der Waals surface area (Å²) in [6, 6.07) is -2.80. The van der Waals surface area contributed by atoms with E-state index >= 15 is 0 Å². The Bertz CT molecular complexity index is 680. The van der Waals surface area contributed by atoms with Gasteiger partial charge in [0, 0.05) is 18.3 Å². The Kier molecular flexibility index (Phi) is 10.3. The zero-order valence-electron chi connectivity index (χ0n) is 16.3. The third kappa shape index (κ3) is 9.17. The maximum atomic E-state index is 12.6. The quantitative estimate of drug-likeness (QED) is 0.174. The number of imidazole rings is 1. The first-order chi connectivity index (χ1) is 13.7. The SMILES string of the molecule is CC(NC(=O)C(Cc1cnc[nH]1)NC(=O)C(N)CCCCN)C(=O)NCC(=O)O. The number of aliphatic carboxylic acids is 1. The molecule has 1 heterocycles. The smallest absolute Gasteiger partial charge is 0.322 e. The number of carbonyl (C=O) groups excluding carboxylic acids is 3. The zero-order valence-corrected chi connectivity index (χ0v) is 16.3. The van der Waals surface area contributed by atoms with E-state index in [1.54, 1.807) is 0 Å². The van der Waals surface area contributed by atoms with Gasteiger partial charge in [-0.1, -0.05) is 6.42 Å². The molecule has 0 aliphatic rings. The van der Waals surface area contributed by atoms with Crippen LogP contribution in [0.1, 0.15) is 31.9 Å². The summed E-state index contributed by atoms with van der Waals surface area (Å²) >= 11 is 0. The van der Waals surface area contributed by atoms with E-state index in [1.165, 1.54) is 19.4 Å². The summed E-state index contributed by atoms with van der Waals surface area (Å²) in [5.41, 5.74) is 11.9. The number of rotatable bonds is 13. The van der Waals surface area contributed by atoms with Crippen molar-refractivity contribution in [2.45, 2.75) is 50.7 Å². The molecule has 0 aliphatic heterocycles. The van der Waals surface area contributed by atoms with E-state index < -0.39 is 48.4 Å². The number of carboxylic acids is 1. The molecule has 0 spiro atoms. The van der Waals surface area contributed by atoms with E-state index in [1.807, 2.05) is 0 Å². The Morgan fingerprint density at radius 3 is 2.48 bits per heavy atom. The van der Waals surface area contributed by atoms with Crippen molar-refractivity contribution in [2.75, 3.05) is 13.1 Å². The number of amides is 3. The van der Waals surface area contributed by atoms with Crippen LogP contribution in [0.5, 0.6) is 0 Å². The van der Waals surface area contributed by atoms with E-state index in [9.17, 15) is 19.2 Å². The summed E-state index contributed by atoms with van der Waals surface area (Å²) in [6.07, 6.45) is 4.90. The molecule has 9 N–H and O–H groups in total. The number of carbonyl (C=O) groups is 4. The zero-order chi connectivity index (χ0) is 21.8. The first-order valence-corrected chi connectivity index (χ1v) is 9.27. The van der Waals surface area contributed by atoms with Gasteiger partial charge in [-0.2, -0.15) is 0 Å². The average Bonchev–Trinajstić information content (AvgIpc) is 3.18. The maximum absolute atomic E-state index is 12.6. The molecule has 3 atom stereocenters. The molecule has 1 rings (SSSR count). The van der Waals surface area contributed by atoms with Crippen LogP contribution in [0.4, 0.5) is 0 Å². The standard InChI is InChI=1S/C17H29N7O5/c1-10(15(27)21-8-14(25)26)23-17(29)13(6-11-7-20-9-22-11)24-16(28)12(19)4-2-3-5-18/h7,9-10,12-13H,2-6,8,18-19H2,1H3,(H,20,22)(H,21,27)(H,23,29)(H,24,28)(H,25,26). The van der Waals surface area contributed by atoms with Crippen molar-refractivity contribution >= 4 is 23.7 Å². The first-order valence-electron chi connectivity index (χ1n) is 9.27. The Labute approximate surface area is 168 Å². The molecule has 29 heavy (non-hydrogen) atoms. The Balaban J connectivity index is 2.72. The number of aromatic nitrogens is 2. The van der Waals surface area contributed by atoms with Gasteiger partial charge >= 0.3 is 5.97 Å². The third-order valence-corrected chi connectivity index (χ3v) is 4.08. The molecule has 0 fully saturated rings. The number of H-pyrrole nitrogens is 1. The first kappa shape index (κ1) is 24.0. The number of carboxylic acid groups (broad SMARTS) is 1. The second-order valence-corrected chi connectivity index (χ2v) is 6.57. The van der Waals surface area contributed by atoms with Gasteiger partial charge in [-0.15, -0.1) is 0 Å². The fraction of sp³-hybridized carbons (Fsp3) is 0.588. The lowest BCUT2D eigenvalue weighted by Gasteiger charge is -2.22. The molecule has 0 radical (unpaired) electrons. The molecule has 12 heteroatoms. The van der Waals surface area contributed by atoms with Crippen molar-refractivity contribution in [1.29, 1.82) is 0 Å². The minimum atomic E-state index is -1.20. The minimum Gasteiger partial charge on any atom is -0.480 e. The molecular formula is C17H29N7O5. The third-order valence-electron chi connectivity index (χ3n) is 4.08. The largest absolute Gasteiger partial charge is 0.480 e. The number of aromatic amines is 1. The second kappa shape index (κ2) is 12.5. The van der Waals surface area contributed by atoms with Crippen molar-refractivity contribution in [3.63, 3.8) is 0 Å². The normalized spacial score (nSPS) is 13.8. The molecular weight excluding hydrogens is 382 g/mol. The summed E-state index contributed by atoms with van der Waals surface area (Å²) in [5.74, 6) is -2.97. The highest BCUT2D eigenvalue weighted by atomic mass is 16.4. The van der Waals surface area contributed by atoms with Crippen LogP contribution in [0.3, 0.4) is 0 Å². The second-order valence-electron chi connectivity index (χ2n) is 6.57. The predicted octanol–water partition coefficient (Wildman–Crippen LogP) is -2.40. The molecule has 12 nitrogen and oxygen atoms in total. The highest BCUT2D eigenvalue weighted by molar-refractivity contribution is 5.93. The summed E-state index contributed by atoms with van der Waals surface area (Å²) in [6.45, 7) is 1.34. The van der Waals surface area contributed by atoms with Gasteiger partial charge < -0.3 is 37.5 Å². The topological polar surface area (TPSA) is 205 Å². The van der Waals surface area contributed by atoms with Crippen molar-refractivity contribution in [1.82, 2.24) is 25.9 Å². The number of unbranched alkanes of at least 4 members (excludes halogenated alkanes) is 1. The highest BCUT2D eigenvalue weighted by Gasteiger charge is 2.27. The van der Waals surface area contributed by atoms with Crippen LogP contribution >= 0.6 is 0 Å². The molecule has 3 amide bonds. The molecule has 162 valence electrons. The minimum absolute atomic E-state index is 0.108. The monoisotopic (exact) mass is 411 g/mol. The molecule has 0 saturated heterocycles. The van der Waals surface area contributed by atoms with Gasteiger partial charge in [0.2, 0.25) is 17.7 Å². The molecule has 0 aromatic carbocycles. The van der Waals surface area contributed by atoms with Crippen molar-refractivity contribution in [3.05, 3.63) is 18.2 Å². The van der Waals surface area contributed by atoms with Gasteiger partial charge in [0.15, 0.2) is 0 Å². The van der Waals surface area contributed by atoms with Gasteiger partial charge in [0.05, 0.1) is 12.4 Å². The lowest BCUT2D eigenvalue weighted by atomic mass is 10.1. The highest BCUT2D eigenvalue weighted by Crippen LogP contribution is 2.03. The lowest BCUT2D eigenvalue weighted by Crippen LogP contribution is -2.56. The van der Waals surface area contributed by atoms with Crippen LogP contribution in [0, 0.1) is 0 Å². The molecule has 3 unspecified atom stereocenters. The molecule has 1 aromatic heterocycles. The number of nitrogens with two attached hydrogens (primary N) is 2. The van der Waals surface area contributed by atoms with E-state index in [0.29, 0.717) is 25.1 Å². The van der Waals surface area contributed by atoms with E-state index in [2.05, 4.69) is 25.9 Å². The lowest BCUT2D eigenvalue weighted by molar-refractivity contribution is -0.138. The maximum Gasteiger partial charge on any atom is 0.322 e. The summed E-state index contributed by atoms with van der Waals surface area (Å²) in [7, 11) is 0. The Morgan fingerprint density at radius 2 is 1.90 bits per heavy atom. The van der Waals surface area contributed by atoms with Gasteiger partial charge in [-0.3, -0.25) is 19.2 Å². The van der Waals surface area contributed by atoms with E-state index in [-0.39, 0.29) is 6.42 Å². The molecule has 0 saturated carbocycles. The van der Waals surface area contributed by atoms with Gasteiger partial charge in [0.25, 0.3) is 0 Å². The van der Waals surface area contributed by atoms with Crippen molar-refractivity contribution < 1.29 is 24.3 Å². The van der Waals surface area contributed by atoms with Crippen LogP contribution in [0.25, 0.3) is 0 Å². The van der Waals surface area contributed by atoms with Gasteiger partial charge in [0.1, 0.15) is 18.6 Å². The van der Waals surface area contributed by atoms with Gasteiger partial charge in [-0.05, 0) is 26.3 Å². The Morgan fingerprint density at radius 1 is 1.17 bits per heavy atom. The number of nitrogens with one attached hydrogen (secondary N) is 4. The van der Waals surface area contributed by atoms with Crippen LogP contribution in [-0.4, -0.2) is 70.0 Å². The van der Waals surface area contributed by atoms with Crippen LogP contribution in [0.15, 0.2) is 12.5 Å². The van der Waals surface area contributed by atoms with Gasteiger partial charge in [-0.25, -0.2) is 4.98 Å².